The van der Waals surface area contributed by atoms with Crippen LogP contribution in [0.3, 0.4) is 0 Å². The van der Waals surface area contributed by atoms with Crippen molar-refractivity contribution in [2.24, 2.45) is 0 Å². The van der Waals surface area contributed by atoms with Gasteiger partial charge in [-0.2, -0.15) is 0 Å². The molecule has 1 heterocycles. The van der Waals surface area contributed by atoms with Gasteiger partial charge in [0.15, 0.2) is 0 Å². The van der Waals surface area contributed by atoms with Crippen molar-refractivity contribution in [2.75, 3.05) is 18.0 Å². The fraction of sp³-hybridized carbons (Fsp3) is 0.533. The molecule has 0 unspecified atom stereocenters. The van der Waals surface area contributed by atoms with Crippen LogP contribution in [-0.2, 0) is 4.79 Å². The van der Waals surface area contributed by atoms with E-state index in [1.54, 1.807) is 6.92 Å². The van der Waals surface area contributed by atoms with Crippen LogP contribution in [0.5, 0.6) is 0 Å². The van der Waals surface area contributed by atoms with E-state index in [0.29, 0.717) is 0 Å². The summed E-state index contributed by atoms with van der Waals surface area (Å²) >= 11 is 0. The summed E-state index contributed by atoms with van der Waals surface area (Å²) in [6, 6.07) is 9.11. The maximum atomic E-state index is 11.6. The fourth-order valence-corrected chi connectivity index (χ4v) is 2.98. The molecule has 1 amide bonds. The molecule has 0 saturated carbocycles. The number of amides is 1. The molecule has 0 aromatic heterocycles. The first kappa shape index (κ1) is 12.9. The van der Waals surface area contributed by atoms with Crippen molar-refractivity contribution < 1.29 is 4.79 Å². The Kier molecular flexibility index (Phi) is 3.60. The second kappa shape index (κ2) is 5.01. The van der Waals surface area contributed by atoms with Crippen LogP contribution in [0.25, 0.3) is 0 Å². The molecule has 1 aliphatic heterocycles. The van der Waals surface area contributed by atoms with Gasteiger partial charge in [-0.1, -0.05) is 12.1 Å². The Hall–Kier alpha value is -1.51. The Labute approximate surface area is 109 Å². The van der Waals surface area contributed by atoms with E-state index in [1.165, 1.54) is 11.3 Å². The Balaban J connectivity index is 2.17. The minimum atomic E-state index is 0.180. The number of hydrogen-bond acceptors (Lipinski definition) is 2. The molecule has 0 radical (unpaired) electrons. The molecule has 1 saturated heterocycles. The fourth-order valence-electron chi connectivity index (χ4n) is 2.98. The molecule has 0 bridgehead atoms. The lowest BCUT2D eigenvalue weighted by Crippen LogP contribution is -2.58. The quantitative estimate of drug-likeness (QED) is 0.760. The van der Waals surface area contributed by atoms with Crippen molar-refractivity contribution >= 4 is 11.6 Å². The maximum absolute atomic E-state index is 11.6. The zero-order valence-corrected chi connectivity index (χ0v) is 11.7. The lowest BCUT2D eigenvalue weighted by molar-refractivity contribution is -0.133. The van der Waals surface area contributed by atoms with E-state index >= 15 is 0 Å². The third-order valence-corrected chi connectivity index (χ3v) is 3.65. The SMILES string of the molecule is CC(=O)N1[C@H](C)CN(c2cccc(C)c2)C[C@@H]1C. The van der Waals surface area contributed by atoms with Crippen molar-refractivity contribution in [2.45, 2.75) is 39.8 Å². The number of carbonyl (C=O) groups excluding carboxylic acids is 1. The molecule has 1 aromatic carbocycles. The van der Waals surface area contributed by atoms with Crippen molar-refractivity contribution in [1.82, 2.24) is 4.90 Å². The minimum Gasteiger partial charge on any atom is -0.367 e. The molecule has 0 spiro atoms. The van der Waals surface area contributed by atoms with Gasteiger partial charge in [0.2, 0.25) is 5.91 Å². The highest BCUT2D eigenvalue weighted by molar-refractivity contribution is 5.74. The average molecular weight is 246 g/mol. The molecule has 1 fully saturated rings. The molecule has 2 rings (SSSR count). The number of anilines is 1. The van der Waals surface area contributed by atoms with Gasteiger partial charge in [0.1, 0.15) is 0 Å². The van der Waals surface area contributed by atoms with Gasteiger partial charge in [-0.15, -0.1) is 0 Å². The number of piperazine rings is 1. The molecule has 0 aliphatic carbocycles. The Morgan fingerprint density at radius 2 is 1.83 bits per heavy atom. The largest absolute Gasteiger partial charge is 0.367 e. The van der Waals surface area contributed by atoms with Crippen LogP contribution < -0.4 is 4.90 Å². The zero-order valence-electron chi connectivity index (χ0n) is 11.7. The van der Waals surface area contributed by atoms with E-state index in [1.807, 2.05) is 4.90 Å². The van der Waals surface area contributed by atoms with Gasteiger partial charge < -0.3 is 9.80 Å². The first-order valence-corrected chi connectivity index (χ1v) is 6.59. The molecule has 1 aromatic rings. The molecule has 18 heavy (non-hydrogen) atoms. The van der Waals surface area contributed by atoms with E-state index in [4.69, 9.17) is 0 Å². The van der Waals surface area contributed by atoms with Crippen molar-refractivity contribution in [3.63, 3.8) is 0 Å². The lowest BCUT2D eigenvalue weighted by Gasteiger charge is -2.45. The van der Waals surface area contributed by atoms with E-state index in [9.17, 15) is 4.79 Å². The summed E-state index contributed by atoms with van der Waals surface area (Å²) in [7, 11) is 0. The number of nitrogens with zero attached hydrogens (tertiary/aromatic N) is 2. The third-order valence-electron chi connectivity index (χ3n) is 3.65. The number of aryl methyl sites for hydroxylation is 1. The van der Waals surface area contributed by atoms with Gasteiger partial charge in [0, 0.05) is 37.8 Å². The first-order chi connectivity index (χ1) is 8.49. The second-order valence-corrected chi connectivity index (χ2v) is 5.37. The maximum Gasteiger partial charge on any atom is 0.220 e. The Morgan fingerprint density at radius 3 is 2.33 bits per heavy atom. The van der Waals surface area contributed by atoms with E-state index in [-0.39, 0.29) is 18.0 Å². The van der Waals surface area contributed by atoms with Crippen LogP contribution in [0.15, 0.2) is 24.3 Å². The summed E-state index contributed by atoms with van der Waals surface area (Å²) in [5, 5.41) is 0. The molecular weight excluding hydrogens is 224 g/mol. The highest BCUT2D eigenvalue weighted by atomic mass is 16.2. The van der Waals surface area contributed by atoms with Gasteiger partial charge in [0.25, 0.3) is 0 Å². The van der Waals surface area contributed by atoms with Crippen LogP contribution in [0.4, 0.5) is 5.69 Å². The topological polar surface area (TPSA) is 23.6 Å². The summed E-state index contributed by atoms with van der Waals surface area (Å²) in [6.45, 7) is 9.85. The van der Waals surface area contributed by atoms with Crippen molar-refractivity contribution in [1.29, 1.82) is 0 Å². The highest BCUT2D eigenvalue weighted by Gasteiger charge is 2.30. The summed E-state index contributed by atoms with van der Waals surface area (Å²) in [6.07, 6.45) is 0. The molecule has 3 nitrogen and oxygen atoms in total. The summed E-state index contributed by atoms with van der Waals surface area (Å²) in [5.74, 6) is 0.180. The number of benzene rings is 1. The lowest BCUT2D eigenvalue weighted by atomic mass is 10.1. The van der Waals surface area contributed by atoms with Crippen molar-refractivity contribution in [3.8, 4) is 0 Å². The molecule has 0 N–H and O–H groups in total. The van der Waals surface area contributed by atoms with Gasteiger partial charge in [-0.25, -0.2) is 0 Å². The van der Waals surface area contributed by atoms with Crippen LogP contribution in [0.2, 0.25) is 0 Å². The normalized spacial score (nSPS) is 24.2. The monoisotopic (exact) mass is 246 g/mol. The van der Waals surface area contributed by atoms with Crippen LogP contribution in [0, 0.1) is 6.92 Å². The summed E-state index contributed by atoms with van der Waals surface area (Å²) in [4.78, 5) is 16.0. The molecule has 2 atom stereocenters. The third kappa shape index (κ3) is 2.50. The van der Waals surface area contributed by atoms with Gasteiger partial charge in [-0.05, 0) is 38.5 Å². The van der Waals surface area contributed by atoms with Crippen LogP contribution in [0.1, 0.15) is 26.3 Å². The molecule has 1 aliphatic rings. The summed E-state index contributed by atoms with van der Waals surface area (Å²) < 4.78 is 0. The minimum absolute atomic E-state index is 0.180. The molecule has 98 valence electrons. The number of rotatable bonds is 1. The van der Waals surface area contributed by atoms with Crippen molar-refractivity contribution in [3.05, 3.63) is 29.8 Å². The summed E-state index contributed by atoms with van der Waals surface area (Å²) in [5.41, 5.74) is 2.54. The number of carbonyl (C=O) groups is 1. The molecular formula is C15H22N2O. The number of hydrogen-bond donors (Lipinski definition) is 0. The Morgan fingerprint density at radius 1 is 1.22 bits per heavy atom. The second-order valence-electron chi connectivity index (χ2n) is 5.37. The average Bonchev–Trinajstić information content (AvgIpc) is 2.27. The van der Waals surface area contributed by atoms with E-state index in [0.717, 1.165) is 13.1 Å². The predicted octanol–water partition coefficient (Wildman–Crippen LogP) is 2.44. The van der Waals surface area contributed by atoms with E-state index in [2.05, 4.69) is 49.9 Å². The Bertz CT molecular complexity index is 432. The first-order valence-electron chi connectivity index (χ1n) is 6.59. The van der Waals surface area contributed by atoms with Gasteiger partial charge in [-0.3, -0.25) is 4.79 Å². The van der Waals surface area contributed by atoms with Crippen LogP contribution in [-0.4, -0.2) is 36.0 Å². The van der Waals surface area contributed by atoms with Gasteiger partial charge in [0.05, 0.1) is 0 Å². The standard InChI is InChI=1S/C15H22N2O/c1-11-6-5-7-15(8-11)16-9-12(2)17(14(4)18)13(3)10-16/h5-8,12-13H,9-10H2,1-4H3/t12-,13+. The van der Waals surface area contributed by atoms with Crippen LogP contribution >= 0.6 is 0 Å². The predicted molar refractivity (Wildman–Crippen MR) is 74.8 cm³/mol. The highest BCUT2D eigenvalue weighted by Crippen LogP contribution is 2.23. The zero-order chi connectivity index (χ0) is 13.3. The smallest absolute Gasteiger partial charge is 0.220 e. The van der Waals surface area contributed by atoms with Gasteiger partial charge >= 0.3 is 0 Å². The molecule has 3 heteroatoms. The van der Waals surface area contributed by atoms with E-state index < -0.39 is 0 Å².